The molecule has 0 saturated heterocycles. The number of aryl methyl sites for hydroxylation is 1. The van der Waals surface area contributed by atoms with Crippen LogP contribution in [0.4, 0.5) is 0 Å². The maximum absolute atomic E-state index is 12.0. The van der Waals surface area contributed by atoms with Crippen molar-refractivity contribution in [1.82, 2.24) is 5.43 Å². The molecular weight excluding hydrogens is 248 g/mol. The van der Waals surface area contributed by atoms with E-state index < -0.39 is 0 Å². The first-order valence-electron chi connectivity index (χ1n) is 6.62. The lowest BCUT2D eigenvalue weighted by atomic mass is 10.0. The first-order chi connectivity index (χ1) is 9.68. The van der Waals surface area contributed by atoms with E-state index in [1.807, 2.05) is 62.4 Å². The van der Waals surface area contributed by atoms with Crippen molar-refractivity contribution in [1.29, 1.82) is 0 Å². The number of hydrogen-bond donors (Lipinski definition) is 1. The van der Waals surface area contributed by atoms with Gasteiger partial charge in [0.15, 0.2) is 0 Å². The molecule has 0 aliphatic rings. The zero-order valence-electron chi connectivity index (χ0n) is 11.7. The van der Waals surface area contributed by atoms with E-state index in [0.29, 0.717) is 5.56 Å². The third-order valence-electron chi connectivity index (χ3n) is 3.18. The molecule has 1 N–H and O–H groups in total. The zero-order chi connectivity index (χ0) is 14.4. The number of carbonyl (C=O) groups excluding carboxylic acids is 1. The highest BCUT2D eigenvalue weighted by atomic mass is 16.2. The predicted octanol–water partition coefficient (Wildman–Crippen LogP) is 3.51. The molecule has 2 aromatic carbocycles. The van der Waals surface area contributed by atoms with Crippen LogP contribution in [0.2, 0.25) is 0 Å². The molecule has 102 valence electrons. The lowest BCUT2D eigenvalue weighted by Crippen LogP contribution is -2.19. The number of rotatable bonds is 4. The maximum atomic E-state index is 12.0. The van der Waals surface area contributed by atoms with Crippen LogP contribution in [-0.2, 0) is 0 Å². The van der Waals surface area contributed by atoms with E-state index in [2.05, 4.69) is 10.5 Å². The summed E-state index contributed by atoms with van der Waals surface area (Å²) in [5, 5.41) is 4.04. The van der Waals surface area contributed by atoms with Crippen LogP contribution in [0.25, 0.3) is 0 Å². The Morgan fingerprint density at radius 3 is 2.45 bits per heavy atom. The first-order valence-corrected chi connectivity index (χ1v) is 6.62. The monoisotopic (exact) mass is 266 g/mol. The molecule has 1 atom stereocenters. The van der Waals surface area contributed by atoms with Gasteiger partial charge in [0.1, 0.15) is 0 Å². The number of nitrogens with one attached hydrogen (secondary N) is 1. The van der Waals surface area contributed by atoms with Crippen LogP contribution in [0.3, 0.4) is 0 Å². The highest BCUT2D eigenvalue weighted by molar-refractivity contribution is 5.95. The summed E-state index contributed by atoms with van der Waals surface area (Å²) >= 11 is 0. The second kappa shape index (κ2) is 6.66. The summed E-state index contributed by atoms with van der Waals surface area (Å²) in [5.74, 6) is -0.0204. The Labute approximate surface area is 119 Å². The Balaban J connectivity index is 1.97. The molecule has 3 nitrogen and oxygen atoms in total. The highest BCUT2D eigenvalue weighted by Crippen LogP contribution is 2.11. The third-order valence-corrected chi connectivity index (χ3v) is 3.18. The number of benzene rings is 2. The summed E-state index contributed by atoms with van der Waals surface area (Å²) in [7, 11) is 0. The van der Waals surface area contributed by atoms with Crippen molar-refractivity contribution in [3.05, 3.63) is 71.3 Å². The maximum Gasteiger partial charge on any atom is 0.271 e. The molecule has 20 heavy (non-hydrogen) atoms. The minimum absolute atomic E-state index is 0.161. The van der Waals surface area contributed by atoms with Crippen molar-refractivity contribution in [3.8, 4) is 0 Å². The van der Waals surface area contributed by atoms with Gasteiger partial charge in [-0.2, -0.15) is 5.10 Å². The number of carbonyl (C=O) groups is 1. The summed E-state index contributed by atoms with van der Waals surface area (Å²) in [4.78, 5) is 12.0. The zero-order valence-corrected chi connectivity index (χ0v) is 11.7. The number of amides is 1. The first kappa shape index (κ1) is 14.0. The Morgan fingerprint density at radius 1 is 1.10 bits per heavy atom. The van der Waals surface area contributed by atoms with Crippen molar-refractivity contribution in [2.45, 2.75) is 19.8 Å². The molecule has 0 radical (unpaired) electrons. The second-order valence-corrected chi connectivity index (χ2v) is 4.73. The topological polar surface area (TPSA) is 41.5 Å². The van der Waals surface area contributed by atoms with Crippen LogP contribution in [-0.4, -0.2) is 12.1 Å². The molecule has 1 amide bonds. The fraction of sp³-hybridized carbons (Fsp3) is 0.176. The molecule has 0 heterocycles. The van der Waals surface area contributed by atoms with Gasteiger partial charge in [-0.1, -0.05) is 55.5 Å². The van der Waals surface area contributed by atoms with Crippen LogP contribution in [0.15, 0.2) is 59.7 Å². The Morgan fingerprint density at radius 2 is 1.75 bits per heavy atom. The molecule has 0 aliphatic carbocycles. The largest absolute Gasteiger partial charge is 0.271 e. The highest BCUT2D eigenvalue weighted by Gasteiger charge is 2.06. The Kier molecular flexibility index (Phi) is 4.66. The summed E-state index contributed by atoms with van der Waals surface area (Å²) in [5.41, 5.74) is 5.33. The number of nitrogens with zero attached hydrogens (tertiary/aromatic N) is 1. The van der Waals surface area contributed by atoms with Gasteiger partial charge >= 0.3 is 0 Å². The Bertz CT molecular complexity index is 605. The molecule has 0 bridgehead atoms. The van der Waals surface area contributed by atoms with E-state index in [1.54, 1.807) is 12.3 Å². The molecule has 3 heteroatoms. The molecule has 0 spiro atoms. The quantitative estimate of drug-likeness (QED) is 0.667. The van der Waals surface area contributed by atoms with Gasteiger partial charge in [-0.05, 0) is 24.1 Å². The van der Waals surface area contributed by atoms with Gasteiger partial charge in [-0.15, -0.1) is 0 Å². The van der Waals surface area contributed by atoms with Gasteiger partial charge in [-0.3, -0.25) is 4.79 Å². The lowest BCUT2D eigenvalue weighted by molar-refractivity contribution is 0.0954. The predicted molar refractivity (Wildman–Crippen MR) is 82.0 cm³/mol. The van der Waals surface area contributed by atoms with Gasteiger partial charge in [0, 0.05) is 17.7 Å². The van der Waals surface area contributed by atoms with E-state index in [0.717, 1.165) is 5.56 Å². The van der Waals surface area contributed by atoms with Crippen molar-refractivity contribution in [3.63, 3.8) is 0 Å². The van der Waals surface area contributed by atoms with Gasteiger partial charge in [-0.25, -0.2) is 5.43 Å². The lowest BCUT2D eigenvalue weighted by Gasteiger charge is -2.06. The van der Waals surface area contributed by atoms with Gasteiger partial charge in [0.2, 0.25) is 0 Å². The van der Waals surface area contributed by atoms with E-state index in [-0.39, 0.29) is 11.8 Å². The standard InChI is InChI=1S/C17H18N2O/c1-13-8-6-7-11-16(13)17(20)19-18-12-14(2)15-9-4-3-5-10-15/h3-12,14H,1-2H3,(H,19,20). The summed E-state index contributed by atoms with van der Waals surface area (Å²) < 4.78 is 0. The number of hydrazone groups is 1. The van der Waals surface area contributed by atoms with E-state index >= 15 is 0 Å². The molecule has 2 rings (SSSR count). The molecule has 2 aromatic rings. The van der Waals surface area contributed by atoms with Crippen LogP contribution in [0.5, 0.6) is 0 Å². The fourth-order valence-corrected chi connectivity index (χ4v) is 1.94. The molecule has 0 fully saturated rings. The van der Waals surface area contributed by atoms with Crippen LogP contribution >= 0.6 is 0 Å². The second-order valence-electron chi connectivity index (χ2n) is 4.73. The summed E-state index contributed by atoms with van der Waals surface area (Å²) in [6, 6.07) is 17.5. The molecule has 0 aliphatic heterocycles. The summed E-state index contributed by atoms with van der Waals surface area (Å²) in [6.07, 6.45) is 1.74. The Hall–Kier alpha value is -2.42. The van der Waals surface area contributed by atoms with Gasteiger partial charge in [0.05, 0.1) is 0 Å². The molecular formula is C17H18N2O. The minimum atomic E-state index is -0.181. The fourth-order valence-electron chi connectivity index (χ4n) is 1.94. The molecule has 1 unspecified atom stereocenters. The average molecular weight is 266 g/mol. The molecule has 0 aromatic heterocycles. The van der Waals surface area contributed by atoms with Crippen LogP contribution in [0.1, 0.15) is 34.3 Å². The smallest absolute Gasteiger partial charge is 0.267 e. The summed E-state index contributed by atoms with van der Waals surface area (Å²) in [6.45, 7) is 3.95. The van der Waals surface area contributed by atoms with E-state index in [4.69, 9.17) is 0 Å². The van der Waals surface area contributed by atoms with Gasteiger partial charge in [0.25, 0.3) is 5.91 Å². The van der Waals surface area contributed by atoms with Crippen molar-refractivity contribution >= 4 is 12.1 Å². The average Bonchev–Trinajstić information content (AvgIpc) is 2.48. The van der Waals surface area contributed by atoms with E-state index in [1.165, 1.54) is 5.56 Å². The minimum Gasteiger partial charge on any atom is -0.267 e. The number of hydrogen-bond acceptors (Lipinski definition) is 2. The van der Waals surface area contributed by atoms with Crippen molar-refractivity contribution < 1.29 is 4.79 Å². The van der Waals surface area contributed by atoms with Gasteiger partial charge < -0.3 is 0 Å². The van der Waals surface area contributed by atoms with Crippen molar-refractivity contribution in [2.75, 3.05) is 0 Å². The normalized spacial score (nSPS) is 12.3. The van der Waals surface area contributed by atoms with E-state index in [9.17, 15) is 4.79 Å². The third kappa shape index (κ3) is 3.54. The van der Waals surface area contributed by atoms with Crippen LogP contribution < -0.4 is 5.43 Å². The van der Waals surface area contributed by atoms with Crippen LogP contribution in [0, 0.1) is 6.92 Å². The molecule has 0 saturated carbocycles. The van der Waals surface area contributed by atoms with Crippen molar-refractivity contribution in [2.24, 2.45) is 5.10 Å². The SMILES string of the molecule is Cc1ccccc1C(=O)NN=CC(C)c1ccccc1.